The number of unbranched alkanes of at least 4 members (excludes halogenated alkanes) is 2. The molecular weight excluding hydrogens is 268 g/mol. The van der Waals surface area contributed by atoms with Crippen LogP contribution in [-0.4, -0.2) is 31.2 Å². The average molecular weight is 296 g/mol. The smallest absolute Gasteiger partial charge is 0.261 e. The van der Waals surface area contributed by atoms with Crippen LogP contribution in [0.4, 0.5) is 0 Å². The Labute approximate surface area is 128 Å². The van der Waals surface area contributed by atoms with Crippen LogP contribution in [0.25, 0.3) is 0 Å². The van der Waals surface area contributed by atoms with E-state index in [1.807, 2.05) is 13.8 Å². The van der Waals surface area contributed by atoms with Gasteiger partial charge in [0.1, 0.15) is 5.60 Å². The molecule has 1 aliphatic carbocycles. The molecule has 120 valence electrons. The van der Waals surface area contributed by atoms with E-state index in [1.165, 1.54) is 0 Å². The standard InChI is InChI=1S/C17H28O4/c1-5-8-10-19-14-12-17(4,21-7-3)13-15(16(14)18)20-11-9-6-2/h12-13H,5-11H2,1-4H3. The summed E-state index contributed by atoms with van der Waals surface area (Å²) in [5, 5.41) is 0. The molecule has 1 rings (SSSR count). The largest absolute Gasteiger partial charge is 0.490 e. The lowest BCUT2D eigenvalue weighted by Crippen LogP contribution is -2.32. The fourth-order valence-electron chi connectivity index (χ4n) is 2.08. The molecule has 0 aromatic carbocycles. The van der Waals surface area contributed by atoms with Crippen molar-refractivity contribution in [3.05, 3.63) is 23.7 Å². The quantitative estimate of drug-likeness (QED) is 0.576. The first-order valence-corrected chi connectivity index (χ1v) is 7.96. The van der Waals surface area contributed by atoms with Crippen LogP contribution in [0, 0.1) is 0 Å². The van der Waals surface area contributed by atoms with E-state index in [0.717, 1.165) is 25.7 Å². The molecule has 0 N–H and O–H groups in total. The summed E-state index contributed by atoms with van der Waals surface area (Å²) in [5.41, 5.74) is -0.647. The van der Waals surface area contributed by atoms with Crippen molar-refractivity contribution in [2.24, 2.45) is 0 Å². The molecule has 0 bridgehead atoms. The van der Waals surface area contributed by atoms with Crippen LogP contribution in [0.3, 0.4) is 0 Å². The molecule has 0 fully saturated rings. The van der Waals surface area contributed by atoms with Gasteiger partial charge in [0.05, 0.1) is 13.2 Å². The van der Waals surface area contributed by atoms with Gasteiger partial charge in [-0.05, 0) is 38.8 Å². The van der Waals surface area contributed by atoms with Gasteiger partial charge in [-0.25, -0.2) is 0 Å². The Bertz CT molecular complexity index is 366. The topological polar surface area (TPSA) is 44.8 Å². The van der Waals surface area contributed by atoms with E-state index in [2.05, 4.69) is 13.8 Å². The summed E-state index contributed by atoms with van der Waals surface area (Å²) in [6.45, 7) is 9.65. The van der Waals surface area contributed by atoms with E-state index < -0.39 is 5.60 Å². The Kier molecular flexibility index (Phi) is 7.51. The average Bonchev–Trinajstić information content (AvgIpc) is 2.44. The van der Waals surface area contributed by atoms with E-state index in [4.69, 9.17) is 14.2 Å². The first kappa shape index (κ1) is 17.8. The van der Waals surface area contributed by atoms with Gasteiger partial charge in [-0.2, -0.15) is 0 Å². The maximum absolute atomic E-state index is 12.4. The minimum absolute atomic E-state index is 0.181. The summed E-state index contributed by atoms with van der Waals surface area (Å²) in [5.74, 6) is 0.501. The summed E-state index contributed by atoms with van der Waals surface area (Å²) in [6.07, 6.45) is 7.40. The van der Waals surface area contributed by atoms with Crippen LogP contribution >= 0.6 is 0 Å². The van der Waals surface area contributed by atoms with Gasteiger partial charge >= 0.3 is 0 Å². The number of ketones is 1. The fourth-order valence-corrected chi connectivity index (χ4v) is 2.08. The zero-order chi connectivity index (χ0) is 15.7. The molecule has 0 atom stereocenters. The van der Waals surface area contributed by atoms with E-state index in [1.54, 1.807) is 12.2 Å². The summed E-state index contributed by atoms with van der Waals surface area (Å²) < 4.78 is 17.0. The van der Waals surface area contributed by atoms with Crippen molar-refractivity contribution in [1.29, 1.82) is 0 Å². The number of carbonyl (C=O) groups excluding carboxylic acids is 1. The van der Waals surface area contributed by atoms with Crippen molar-refractivity contribution in [2.75, 3.05) is 19.8 Å². The first-order chi connectivity index (χ1) is 10.1. The Morgan fingerprint density at radius 1 is 0.952 bits per heavy atom. The minimum Gasteiger partial charge on any atom is -0.490 e. The Hall–Kier alpha value is -1.29. The van der Waals surface area contributed by atoms with Gasteiger partial charge in [0.15, 0.2) is 11.5 Å². The summed E-state index contributed by atoms with van der Waals surface area (Å²) >= 11 is 0. The van der Waals surface area contributed by atoms with Crippen LogP contribution in [0.15, 0.2) is 23.7 Å². The SMILES string of the molecule is CCCCOC1=CC(C)(OCC)C=C(OCCCC)C1=O. The van der Waals surface area contributed by atoms with E-state index in [-0.39, 0.29) is 5.78 Å². The lowest BCUT2D eigenvalue weighted by atomic mass is 9.96. The van der Waals surface area contributed by atoms with Gasteiger partial charge < -0.3 is 14.2 Å². The van der Waals surface area contributed by atoms with E-state index >= 15 is 0 Å². The molecule has 4 heteroatoms. The number of hydrogen-bond donors (Lipinski definition) is 0. The molecule has 0 radical (unpaired) electrons. The van der Waals surface area contributed by atoms with Gasteiger partial charge in [0, 0.05) is 6.61 Å². The number of carbonyl (C=O) groups is 1. The zero-order valence-electron chi connectivity index (χ0n) is 13.7. The fraction of sp³-hybridized carbons (Fsp3) is 0.706. The summed E-state index contributed by atoms with van der Waals surface area (Å²) in [6, 6.07) is 0. The van der Waals surface area contributed by atoms with Crippen molar-refractivity contribution < 1.29 is 19.0 Å². The number of ether oxygens (including phenoxy) is 3. The second-order valence-corrected chi connectivity index (χ2v) is 5.37. The van der Waals surface area contributed by atoms with Gasteiger partial charge in [-0.3, -0.25) is 4.79 Å². The van der Waals surface area contributed by atoms with Crippen LogP contribution in [0.2, 0.25) is 0 Å². The van der Waals surface area contributed by atoms with E-state index in [0.29, 0.717) is 31.3 Å². The highest BCUT2D eigenvalue weighted by atomic mass is 16.5. The highest BCUT2D eigenvalue weighted by Gasteiger charge is 2.33. The zero-order valence-corrected chi connectivity index (χ0v) is 13.7. The minimum atomic E-state index is -0.647. The third-order valence-electron chi connectivity index (χ3n) is 3.25. The van der Waals surface area contributed by atoms with Crippen molar-refractivity contribution in [3.8, 4) is 0 Å². The first-order valence-electron chi connectivity index (χ1n) is 7.96. The molecule has 0 heterocycles. The van der Waals surface area contributed by atoms with Gasteiger partial charge in [0.2, 0.25) is 0 Å². The van der Waals surface area contributed by atoms with Crippen molar-refractivity contribution in [2.45, 2.75) is 59.0 Å². The molecule has 0 spiro atoms. The second kappa shape index (κ2) is 8.88. The molecular formula is C17H28O4. The molecule has 0 unspecified atom stereocenters. The maximum Gasteiger partial charge on any atom is 0.261 e. The predicted molar refractivity (Wildman–Crippen MR) is 82.9 cm³/mol. The molecule has 0 saturated carbocycles. The van der Waals surface area contributed by atoms with Crippen LogP contribution in [0.1, 0.15) is 53.4 Å². The molecule has 0 aromatic rings. The van der Waals surface area contributed by atoms with Crippen molar-refractivity contribution >= 4 is 5.78 Å². The highest BCUT2D eigenvalue weighted by Crippen LogP contribution is 2.27. The van der Waals surface area contributed by atoms with Crippen molar-refractivity contribution in [1.82, 2.24) is 0 Å². The molecule has 4 nitrogen and oxygen atoms in total. The summed E-state index contributed by atoms with van der Waals surface area (Å²) in [4.78, 5) is 12.4. The molecule has 0 aliphatic heterocycles. The number of rotatable bonds is 10. The third kappa shape index (κ3) is 5.54. The van der Waals surface area contributed by atoms with Gasteiger partial charge in [-0.1, -0.05) is 26.7 Å². The highest BCUT2D eigenvalue weighted by molar-refractivity contribution is 6.06. The van der Waals surface area contributed by atoms with Crippen LogP contribution in [-0.2, 0) is 19.0 Å². The van der Waals surface area contributed by atoms with Gasteiger partial charge in [-0.15, -0.1) is 0 Å². The third-order valence-corrected chi connectivity index (χ3v) is 3.25. The predicted octanol–water partition coefficient (Wildman–Crippen LogP) is 3.77. The lowest BCUT2D eigenvalue weighted by molar-refractivity contribution is -0.120. The Morgan fingerprint density at radius 2 is 1.43 bits per heavy atom. The van der Waals surface area contributed by atoms with Crippen LogP contribution in [0.5, 0.6) is 0 Å². The number of hydrogen-bond acceptors (Lipinski definition) is 4. The molecule has 0 aromatic heterocycles. The monoisotopic (exact) mass is 296 g/mol. The lowest BCUT2D eigenvalue weighted by Gasteiger charge is -2.28. The van der Waals surface area contributed by atoms with E-state index in [9.17, 15) is 4.79 Å². The maximum atomic E-state index is 12.4. The number of Topliss-reactive ketones (excluding diaryl/α,β-unsaturated/α-hetero) is 1. The molecule has 0 saturated heterocycles. The molecule has 0 amide bonds. The normalized spacial score (nSPS) is 17.2. The van der Waals surface area contributed by atoms with Crippen LogP contribution < -0.4 is 0 Å². The molecule has 21 heavy (non-hydrogen) atoms. The Morgan fingerprint density at radius 3 is 1.81 bits per heavy atom. The second-order valence-electron chi connectivity index (χ2n) is 5.37. The van der Waals surface area contributed by atoms with Crippen molar-refractivity contribution in [3.63, 3.8) is 0 Å². The van der Waals surface area contributed by atoms with Gasteiger partial charge in [0.25, 0.3) is 5.78 Å². The summed E-state index contributed by atoms with van der Waals surface area (Å²) in [7, 11) is 0. The Balaban J connectivity index is 2.82. The molecule has 1 aliphatic rings.